The molecule has 0 atom stereocenters. The number of hydrogen-bond donors (Lipinski definition) is 1. The maximum absolute atomic E-state index is 13.2. The molecule has 2 rings (SSSR count). The van der Waals surface area contributed by atoms with Crippen LogP contribution in [0.1, 0.15) is 11.1 Å². The van der Waals surface area contributed by atoms with Gasteiger partial charge < -0.3 is 10.0 Å². The van der Waals surface area contributed by atoms with Gasteiger partial charge in [-0.1, -0.05) is 12.1 Å². The van der Waals surface area contributed by atoms with E-state index in [1.165, 1.54) is 18.2 Å². The molecule has 108 valence electrons. The van der Waals surface area contributed by atoms with Gasteiger partial charge in [-0.05, 0) is 35.9 Å². The molecule has 1 heterocycles. The third kappa shape index (κ3) is 4.14. The zero-order chi connectivity index (χ0) is 15.2. The number of anilines is 1. The second-order valence-corrected chi connectivity index (χ2v) is 4.57. The summed E-state index contributed by atoms with van der Waals surface area (Å²) in [5, 5.41) is 8.71. The fourth-order valence-corrected chi connectivity index (χ4v) is 2.00. The third-order valence-corrected chi connectivity index (χ3v) is 2.89. The zero-order valence-corrected chi connectivity index (χ0v) is 11.5. The minimum atomic E-state index is -1.02. The van der Waals surface area contributed by atoms with Crippen LogP contribution in [0.15, 0.2) is 48.7 Å². The second-order valence-electron chi connectivity index (χ2n) is 4.57. The van der Waals surface area contributed by atoms with Crippen molar-refractivity contribution in [1.82, 2.24) is 4.98 Å². The summed E-state index contributed by atoms with van der Waals surface area (Å²) in [6, 6.07) is 9.86. The molecule has 0 aliphatic carbocycles. The standard InChI is InChI=1S/C16H15FN2O2/c1-19(11-12-4-2-6-14(17)10-12)16-13(5-3-9-18-16)7-8-15(20)21/h2-10H,11H2,1H3,(H,20,21)/b8-7+. The second kappa shape index (κ2) is 6.65. The molecule has 0 amide bonds. The summed E-state index contributed by atoms with van der Waals surface area (Å²) in [7, 11) is 1.82. The Morgan fingerprint density at radius 3 is 2.90 bits per heavy atom. The monoisotopic (exact) mass is 286 g/mol. The maximum Gasteiger partial charge on any atom is 0.328 e. The van der Waals surface area contributed by atoms with Crippen LogP contribution in [-0.2, 0) is 11.3 Å². The van der Waals surface area contributed by atoms with Gasteiger partial charge in [-0.2, -0.15) is 0 Å². The van der Waals surface area contributed by atoms with Crippen molar-refractivity contribution in [3.8, 4) is 0 Å². The molecule has 5 heteroatoms. The highest BCUT2D eigenvalue weighted by Gasteiger charge is 2.08. The first-order chi connectivity index (χ1) is 10.1. The van der Waals surface area contributed by atoms with Crippen molar-refractivity contribution >= 4 is 17.9 Å². The van der Waals surface area contributed by atoms with Crippen LogP contribution >= 0.6 is 0 Å². The Hall–Kier alpha value is -2.69. The molecule has 1 aromatic carbocycles. The summed E-state index contributed by atoms with van der Waals surface area (Å²) in [4.78, 5) is 16.7. The number of halogens is 1. The van der Waals surface area contributed by atoms with E-state index in [1.54, 1.807) is 24.4 Å². The first-order valence-electron chi connectivity index (χ1n) is 6.38. The first kappa shape index (κ1) is 14.7. The molecule has 0 saturated carbocycles. The Labute approximate surface area is 122 Å². The van der Waals surface area contributed by atoms with Gasteiger partial charge in [0.05, 0.1) is 0 Å². The van der Waals surface area contributed by atoms with Gasteiger partial charge in [0.1, 0.15) is 11.6 Å². The number of aromatic nitrogens is 1. The number of benzene rings is 1. The van der Waals surface area contributed by atoms with E-state index in [-0.39, 0.29) is 5.82 Å². The lowest BCUT2D eigenvalue weighted by atomic mass is 10.2. The van der Waals surface area contributed by atoms with E-state index in [0.717, 1.165) is 11.6 Å². The summed E-state index contributed by atoms with van der Waals surface area (Å²) in [6.45, 7) is 0.475. The number of nitrogens with zero attached hydrogens (tertiary/aromatic N) is 2. The lowest BCUT2D eigenvalue weighted by Gasteiger charge is -2.20. The quantitative estimate of drug-likeness (QED) is 0.859. The van der Waals surface area contributed by atoms with Crippen molar-refractivity contribution in [3.05, 3.63) is 65.6 Å². The van der Waals surface area contributed by atoms with Gasteiger partial charge in [0.2, 0.25) is 0 Å². The number of pyridine rings is 1. The van der Waals surface area contributed by atoms with Gasteiger partial charge in [0, 0.05) is 31.4 Å². The van der Waals surface area contributed by atoms with Crippen LogP contribution < -0.4 is 4.90 Å². The first-order valence-corrected chi connectivity index (χ1v) is 6.38. The van der Waals surface area contributed by atoms with Crippen LogP contribution in [0.25, 0.3) is 6.08 Å². The SMILES string of the molecule is CN(Cc1cccc(F)c1)c1ncccc1/C=C/C(=O)O. The average molecular weight is 286 g/mol. The van der Waals surface area contributed by atoms with Gasteiger partial charge in [-0.3, -0.25) is 0 Å². The van der Waals surface area contributed by atoms with E-state index in [1.807, 2.05) is 18.0 Å². The van der Waals surface area contributed by atoms with Crippen molar-refractivity contribution in [2.45, 2.75) is 6.54 Å². The van der Waals surface area contributed by atoms with Gasteiger partial charge in [-0.15, -0.1) is 0 Å². The molecule has 0 spiro atoms. The van der Waals surface area contributed by atoms with E-state index in [9.17, 15) is 9.18 Å². The Bertz CT molecular complexity index is 671. The number of carbonyl (C=O) groups is 1. The molecule has 4 nitrogen and oxygen atoms in total. The largest absolute Gasteiger partial charge is 0.478 e. The summed E-state index contributed by atoms with van der Waals surface area (Å²) in [5.41, 5.74) is 1.51. The van der Waals surface area contributed by atoms with Crippen LogP contribution in [0.2, 0.25) is 0 Å². The Morgan fingerprint density at radius 1 is 1.38 bits per heavy atom. The molecule has 0 radical (unpaired) electrons. The Morgan fingerprint density at radius 2 is 2.19 bits per heavy atom. The highest BCUT2D eigenvalue weighted by Crippen LogP contribution is 2.19. The molecule has 0 unspecified atom stereocenters. The molecule has 2 aromatic rings. The van der Waals surface area contributed by atoms with Gasteiger partial charge in [0.25, 0.3) is 0 Å². The van der Waals surface area contributed by atoms with Gasteiger partial charge in [0.15, 0.2) is 0 Å². The van der Waals surface area contributed by atoms with Crippen molar-refractivity contribution in [2.75, 3.05) is 11.9 Å². The normalized spacial score (nSPS) is 10.8. The van der Waals surface area contributed by atoms with E-state index >= 15 is 0 Å². The topological polar surface area (TPSA) is 53.4 Å². The highest BCUT2D eigenvalue weighted by molar-refractivity contribution is 5.86. The number of aliphatic carboxylic acids is 1. The maximum atomic E-state index is 13.2. The molecule has 1 aromatic heterocycles. The number of carboxylic acid groups (broad SMARTS) is 1. The van der Waals surface area contributed by atoms with Crippen LogP contribution in [0.5, 0.6) is 0 Å². The van der Waals surface area contributed by atoms with Crippen molar-refractivity contribution in [1.29, 1.82) is 0 Å². The van der Waals surface area contributed by atoms with Crippen molar-refractivity contribution in [3.63, 3.8) is 0 Å². The van der Waals surface area contributed by atoms with Crippen LogP contribution in [0.3, 0.4) is 0 Å². The van der Waals surface area contributed by atoms with E-state index in [2.05, 4.69) is 4.98 Å². The zero-order valence-electron chi connectivity index (χ0n) is 11.5. The summed E-state index contributed by atoms with van der Waals surface area (Å²) in [6.07, 6.45) is 4.19. The number of carboxylic acids is 1. The van der Waals surface area contributed by atoms with Gasteiger partial charge in [-0.25, -0.2) is 14.2 Å². The lowest BCUT2D eigenvalue weighted by Crippen LogP contribution is -2.18. The van der Waals surface area contributed by atoms with Crippen LogP contribution in [0, 0.1) is 5.82 Å². The minimum absolute atomic E-state index is 0.284. The molecule has 0 fully saturated rings. The van der Waals surface area contributed by atoms with Crippen molar-refractivity contribution in [2.24, 2.45) is 0 Å². The van der Waals surface area contributed by atoms with Crippen LogP contribution in [-0.4, -0.2) is 23.1 Å². The predicted octanol–water partition coefficient (Wildman–Crippen LogP) is 2.95. The summed E-state index contributed by atoms with van der Waals surface area (Å²) in [5.74, 6) is -0.662. The molecular weight excluding hydrogens is 271 g/mol. The Kier molecular flexibility index (Phi) is 4.66. The van der Waals surface area contributed by atoms with E-state index in [0.29, 0.717) is 17.9 Å². The lowest BCUT2D eigenvalue weighted by molar-refractivity contribution is -0.131. The highest BCUT2D eigenvalue weighted by atomic mass is 19.1. The molecule has 21 heavy (non-hydrogen) atoms. The molecule has 0 aliphatic rings. The van der Waals surface area contributed by atoms with Crippen LogP contribution in [0.4, 0.5) is 10.2 Å². The molecule has 0 aliphatic heterocycles. The molecular formula is C16H15FN2O2. The van der Waals surface area contributed by atoms with E-state index in [4.69, 9.17) is 5.11 Å². The number of hydrogen-bond acceptors (Lipinski definition) is 3. The van der Waals surface area contributed by atoms with Gasteiger partial charge >= 0.3 is 5.97 Å². The predicted molar refractivity (Wildman–Crippen MR) is 79.4 cm³/mol. The summed E-state index contributed by atoms with van der Waals surface area (Å²) < 4.78 is 13.2. The Balaban J connectivity index is 2.23. The minimum Gasteiger partial charge on any atom is -0.478 e. The van der Waals surface area contributed by atoms with E-state index < -0.39 is 5.97 Å². The number of rotatable bonds is 5. The van der Waals surface area contributed by atoms with Crippen molar-refractivity contribution < 1.29 is 14.3 Å². The smallest absolute Gasteiger partial charge is 0.328 e. The molecule has 0 bridgehead atoms. The molecule has 1 N–H and O–H groups in total. The summed E-state index contributed by atoms with van der Waals surface area (Å²) >= 11 is 0. The fourth-order valence-electron chi connectivity index (χ4n) is 2.00. The fraction of sp³-hybridized carbons (Fsp3) is 0.125. The average Bonchev–Trinajstić information content (AvgIpc) is 2.45. The third-order valence-electron chi connectivity index (χ3n) is 2.89. The molecule has 0 saturated heterocycles.